The lowest BCUT2D eigenvalue weighted by molar-refractivity contribution is 0.0684. The van der Waals surface area contributed by atoms with E-state index in [1.54, 1.807) is 13.0 Å². The smallest absolute Gasteiger partial charge is 0.358 e. The number of aromatic carboxylic acids is 1. The zero-order chi connectivity index (χ0) is 14.7. The molecule has 0 fully saturated rings. The topological polar surface area (TPSA) is 59.4 Å². The summed E-state index contributed by atoms with van der Waals surface area (Å²) in [5, 5.41) is 9.02. The third kappa shape index (κ3) is 3.09. The molecule has 0 saturated carbocycles. The van der Waals surface area contributed by atoms with Crippen LogP contribution in [0.4, 0.5) is 8.78 Å². The van der Waals surface area contributed by atoms with E-state index in [9.17, 15) is 13.6 Å². The van der Waals surface area contributed by atoms with Gasteiger partial charge >= 0.3 is 5.97 Å². The van der Waals surface area contributed by atoms with E-state index in [0.29, 0.717) is 11.3 Å². The van der Waals surface area contributed by atoms with Gasteiger partial charge in [-0.2, -0.15) is 0 Å². The number of rotatable bonds is 4. The molecule has 1 aromatic heterocycles. The number of benzene rings is 1. The molecular weight excluding hydrogens is 268 g/mol. The van der Waals surface area contributed by atoms with E-state index >= 15 is 0 Å². The van der Waals surface area contributed by atoms with Crippen molar-refractivity contribution in [3.8, 4) is 5.75 Å². The van der Waals surface area contributed by atoms with Gasteiger partial charge < -0.3 is 9.84 Å². The van der Waals surface area contributed by atoms with Crippen molar-refractivity contribution in [2.24, 2.45) is 0 Å². The predicted octanol–water partition coefficient (Wildman–Crippen LogP) is 2.95. The molecule has 0 spiro atoms. The van der Waals surface area contributed by atoms with E-state index in [0.717, 1.165) is 12.1 Å². The quantitative estimate of drug-likeness (QED) is 0.934. The number of carboxylic acid groups (broad SMARTS) is 1. The van der Waals surface area contributed by atoms with Crippen LogP contribution in [0.1, 0.15) is 21.7 Å². The Labute approximate surface area is 113 Å². The first kappa shape index (κ1) is 13.9. The molecule has 0 bridgehead atoms. The van der Waals surface area contributed by atoms with Gasteiger partial charge in [0.15, 0.2) is 23.1 Å². The number of carboxylic acids is 1. The Morgan fingerprint density at radius 3 is 2.65 bits per heavy atom. The van der Waals surface area contributed by atoms with Crippen molar-refractivity contribution in [1.29, 1.82) is 0 Å². The molecule has 1 N–H and O–H groups in total. The molecule has 1 heterocycles. The molecule has 6 heteroatoms. The molecule has 0 aliphatic carbocycles. The molecule has 20 heavy (non-hydrogen) atoms. The van der Waals surface area contributed by atoms with E-state index in [1.807, 2.05) is 0 Å². The third-order valence-electron chi connectivity index (χ3n) is 2.58. The van der Waals surface area contributed by atoms with Crippen molar-refractivity contribution in [1.82, 2.24) is 4.98 Å². The maximum atomic E-state index is 13.0. The predicted molar refractivity (Wildman–Crippen MR) is 66.6 cm³/mol. The van der Waals surface area contributed by atoms with Crippen LogP contribution in [-0.4, -0.2) is 16.1 Å². The third-order valence-corrected chi connectivity index (χ3v) is 2.58. The zero-order valence-electron chi connectivity index (χ0n) is 10.6. The van der Waals surface area contributed by atoms with Gasteiger partial charge in [-0.3, -0.25) is 0 Å². The number of aryl methyl sites for hydroxylation is 1. The highest BCUT2D eigenvalue weighted by Crippen LogP contribution is 2.19. The van der Waals surface area contributed by atoms with E-state index in [-0.39, 0.29) is 18.1 Å². The number of aromatic nitrogens is 1. The summed E-state index contributed by atoms with van der Waals surface area (Å²) in [6.07, 6.45) is 0. The fourth-order valence-electron chi connectivity index (χ4n) is 1.60. The SMILES string of the molecule is Cc1ccc(OCc2ccc(F)c(F)c2)c(C(=O)O)n1. The van der Waals surface area contributed by atoms with Crippen LogP contribution in [0.5, 0.6) is 5.75 Å². The molecule has 0 aliphatic heterocycles. The molecule has 1 aromatic carbocycles. The molecule has 0 saturated heterocycles. The standard InChI is InChI=1S/C14H11F2NO3/c1-8-2-5-12(13(17-8)14(18)19)20-7-9-3-4-10(15)11(16)6-9/h2-6H,7H2,1H3,(H,18,19). The van der Waals surface area contributed by atoms with E-state index in [1.165, 1.54) is 12.1 Å². The molecular formula is C14H11F2NO3. The van der Waals surface area contributed by atoms with Crippen LogP contribution in [0.15, 0.2) is 30.3 Å². The summed E-state index contributed by atoms with van der Waals surface area (Å²) in [7, 11) is 0. The van der Waals surface area contributed by atoms with Gasteiger partial charge in [0.1, 0.15) is 6.61 Å². The maximum absolute atomic E-state index is 13.0. The fourth-order valence-corrected chi connectivity index (χ4v) is 1.60. The average Bonchev–Trinajstić information content (AvgIpc) is 2.41. The largest absolute Gasteiger partial charge is 0.486 e. The van der Waals surface area contributed by atoms with Gasteiger partial charge in [-0.25, -0.2) is 18.6 Å². The van der Waals surface area contributed by atoms with Gasteiger partial charge in [0.25, 0.3) is 0 Å². The monoisotopic (exact) mass is 279 g/mol. The Bertz CT molecular complexity index is 659. The highest BCUT2D eigenvalue weighted by Gasteiger charge is 2.14. The lowest BCUT2D eigenvalue weighted by Gasteiger charge is -2.09. The Kier molecular flexibility index (Phi) is 3.93. The summed E-state index contributed by atoms with van der Waals surface area (Å²) in [6, 6.07) is 6.43. The van der Waals surface area contributed by atoms with Gasteiger partial charge in [0.05, 0.1) is 0 Å². The van der Waals surface area contributed by atoms with Crippen LogP contribution in [0.25, 0.3) is 0 Å². The first-order valence-electron chi connectivity index (χ1n) is 5.75. The molecule has 4 nitrogen and oxygen atoms in total. The molecule has 2 rings (SSSR count). The highest BCUT2D eigenvalue weighted by molar-refractivity contribution is 5.88. The van der Waals surface area contributed by atoms with Crippen molar-refractivity contribution >= 4 is 5.97 Å². The average molecular weight is 279 g/mol. The van der Waals surface area contributed by atoms with Crippen LogP contribution in [-0.2, 0) is 6.61 Å². The summed E-state index contributed by atoms with van der Waals surface area (Å²) in [4.78, 5) is 14.9. The zero-order valence-corrected chi connectivity index (χ0v) is 10.6. The van der Waals surface area contributed by atoms with Gasteiger partial charge in [0.2, 0.25) is 0 Å². The summed E-state index contributed by atoms with van der Waals surface area (Å²) in [5.74, 6) is -3.06. The summed E-state index contributed by atoms with van der Waals surface area (Å²) >= 11 is 0. The molecule has 0 unspecified atom stereocenters. The van der Waals surface area contributed by atoms with E-state index in [2.05, 4.69) is 4.98 Å². The summed E-state index contributed by atoms with van der Waals surface area (Å²) in [6.45, 7) is 1.58. The number of hydrogen-bond acceptors (Lipinski definition) is 3. The normalized spacial score (nSPS) is 10.3. The number of nitrogens with zero attached hydrogens (tertiary/aromatic N) is 1. The summed E-state index contributed by atoms with van der Waals surface area (Å²) < 4.78 is 31.1. The summed E-state index contributed by atoms with van der Waals surface area (Å²) in [5.41, 5.74) is 0.718. The number of halogens is 2. The second kappa shape index (κ2) is 5.64. The molecule has 0 radical (unpaired) electrons. The first-order chi connectivity index (χ1) is 9.47. The molecule has 0 aliphatic rings. The Balaban J connectivity index is 2.18. The minimum Gasteiger partial charge on any atom is -0.486 e. The number of pyridine rings is 1. The number of hydrogen-bond donors (Lipinski definition) is 1. The minimum atomic E-state index is -1.21. The van der Waals surface area contributed by atoms with Crippen LogP contribution in [0.3, 0.4) is 0 Å². The first-order valence-corrected chi connectivity index (χ1v) is 5.75. The molecule has 0 atom stereocenters. The van der Waals surface area contributed by atoms with E-state index in [4.69, 9.17) is 9.84 Å². The van der Waals surface area contributed by atoms with Gasteiger partial charge in [-0.1, -0.05) is 6.07 Å². The highest BCUT2D eigenvalue weighted by atomic mass is 19.2. The van der Waals surface area contributed by atoms with Crippen molar-refractivity contribution in [2.75, 3.05) is 0 Å². The van der Waals surface area contributed by atoms with Crippen LogP contribution >= 0.6 is 0 Å². The Hall–Kier alpha value is -2.50. The minimum absolute atomic E-state index is 0.0767. The molecule has 2 aromatic rings. The second-order valence-corrected chi connectivity index (χ2v) is 4.14. The second-order valence-electron chi connectivity index (χ2n) is 4.14. The van der Waals surface area contributed by atoms with Crippen molar-refractivity contribution < 1.29 is 23.4 Å². The number of carbonyl (C=O) groups is 1. The van der Waals surface area contributed by atoms with Crippen molar-refractivity contribution in [3.05, 3.63) is 58.9 Å². The van der Waals surface area contributed by atoms with Gasteiger partial charge in [0, 0.05) is 5.69 Å². The molecule has 0 amide bonds. The Morgan fingerprint density at radius 1 is 1.25 bits per heavy atom. The van der Waals surface area contributed by atoms with Crippen LogP contribution in [0.2, 0.25) is 0 Å². The lowest BCUT2D eigenvalue weighted by Crippen LogP contribution is -2.07. The van der Waals surface area contributed by atoms with Crippen molar-refractivity contribution in [2.45, 2.75) is 13.5 Å². The van der Waals surface area contributed by atoms with E-state index < -0.39 is 17.6 Å². The van der Waals surface area contributed by atoms with Crippen molar-refractivity contribution in [3.63, 3.8) is 0 Å². The lowest BCUT2D eigenvalue weighted by atomic mass is 10.2. The molecule has 104 valence electrons. The number of ether oxygens (including phenoxy) is 1. The Morgan fingerprint density at radius 2 is 2.00 bits per heavy atom. The van der Waals surface area contributed by atoms with Gasteiger partial charge in [-0.15, -0.1) is 0 Å². The maximum Gasteiger partial charge on any atom is 0.358 e. The van der Waals surface area contributed by atoms with Crippen LogP contribution < -0.4 is 4.74 Å². The van der Waals surface area contributed by atoms with Crippen LogP contribution in [0, 0.1) is 18.6 Å². The fraction of sp³-hybridized carbons (Fsp3) is 0.143. The van der Waals surface area contributed by atoms with Gasteiger partial charge in [-0.05, 0) is 36.8 Å².